The molecule has 4 aromatic rings. The van der Waals surface area contributed by atoms with Crippen LogP contribution >= 0.6 is 11.6 Å². The van der Waals surface area contributed by atoms with Gasteiger partial charge in [-0.3, -0.25) is 4.68 Å². The Bertz CT molecular complexity index is 1250. The van der Waals surface area contributed by atoms with Gasteiger partial charge in [0.25, 0.3) is 0 Å². The summed E-state index contributed by atoms with van der Waals surface area (Å²) >= 11 is 6.07. The number of ether oxygens (including phenoxy) is 4. The lowest BCUT2D eigenvalue weighted by Gasteiger charge is -2.11. The molecule has 0 bridgehead atoms. The summed E-state index contributed by atoms with van der Waals surface area (Å²) < 4.78 is 23.7. The minimum atomic E-state index is 0.578. The second-order valence-electron chi connectivity index (χ2n) is 7.34. The van der Waals surface area contributed by atoms with Crippen LogP contribution in [0.4, 0.5) is 0 Å². The third kappa shape index (κ3) is 4.76. The minimum absolute atomic E-state index is 0.578. The maximum Gasteiger partial charge on any atom is 0.161 e. The maximum absolute atomic E-state index is 6.07. The van der Waals surface area contributed by atoms with Gasteiger partial charge in [-0.05, 0) is 60.2 Å². The van der Waals surface area contributed by atoms with E-state index in [9.17, 15) is 0 Å². The van der Waals surface area contributed by atoms with E-state index >= 15 is 0 Å². The Kier molecular flexibility index (Phi) is 6.75. The van der Waals surface area contributed by atoms with Crippen LogP contribution < -0.4 is 18.9 Å². The van der Waals surface area contributed by atoms with Crippen LogP contribution in [-0.2, 0) is 6.54 Å². The zero-order valence-corrected chi connectivity index (χ0v) is 19.7. The van der Waals surface area contributed by atoms with Gasteiger partial charge in [0.2, 0.25) is 0 Å². The molecule has 0 aliphatic carbocycles. The summed E-state index contributed by atoms with van der Waals surface area (Å²) in [6, 6.07) is 21.4. The molecule has 33 heavy (non-hydrogen) atoms. The van der Waals surface area contributed by atoms with Crippen LogP contribution in [0, 0.1) is 0 Å². The first-order chi connectivity index (χ1) is 16.1. The average Bonchev–Trinajstić information content (AvgIpc) is 3.28. The molecule has 1 aromatic heterocycles. The first kappa shape index (κ1) is 22.6. The number of hydrogen-bond acceptors (Lipinski definition) is 5. The highest BCUT2D eigenvalue weighted by Crippen LogP contribution is 2.36. The van der Waals surface area contributed by atoms with Crippen molar-refractivity contribution in [3.63, 3.8) is 0 Å². The van der Waals surface area contributed by atoms with Gasteiger partial charge in [-0.1, -0.05) is 23.7 Å². The van der Waals surface area contributed by atoms with E-state index in [0.717, 1.165) is 28.1 Å². The molecule has 0 spiro atoms. The molecular weight excluding hydrogens is 440 g/mol. The predicted molar refractivity (Wildman–Crippen MR) is 130 cm³/mol. The lowest BCUT2D eigenvalue weighted by molar-refractivity contribution is 0.355. The third-order valence-corrected chi connectivity index (χ3v) is 5.64. The summed E-state index contributed by atoms with van der Waals surface area (Å²) in [5.41, 5.74) is 4.72. The molecule has 1 heterocycles. The SMILES string of the molecule is COc1ccc(-c2cc(-c3ccc(OC)c(OC)c3)n(Cc3ccc(Cl)cc3)n2)cc1OC. The van der Waals surface area contributed by atoms with Crippen molar-refractivity contribution in [2.75, 3.05) is 28.4 Å². The van der Waals surface area contributed by atoms with Gasteiger partial charge in [-0.2, -0.15) is 5.10 Å². The zero-order valence-electron chi connectivity index (χ0n) is 19.0. The van der Waals surface area contributed by atoms with E-state index in [4.69, 9.17) is 35.6 Å². The van der Waals surface area contributed by atoms with Crippen molar-refractivity contribution >= 4 is 11.6 Å². The maximum atomic E-state index is 6.07. The monoisotopic (exact) mass is 464 g/mol. The summed E-state index contributed by atoms with van der Waals surface area (Å²) in [4.78, 5) is 0. The molecule has 4 rings (SSSR count). The van der Waals surface area contributed by atoms with Crippen molar-refractivity contribution in [3.8, 4) is 45.5 Å². The van der Waals surface area contributed by atoms with E-state index in [2.05, 4.69) is 6.07 Å². The van der Waals surface area contributed by atoms with Crippen LogP contribution in [0.1, 0.15) is 5.56 Å². The highest BCUT2D eigenvalue weighted by molar-refractivity contribution is 6.30. The molecule has 7 heteroatoms. The highest BCUT2D eigenvalue weighted by atomic mass is 35.5. The van der Waals surface area contributed by atoms with E-state index < -0.39 is 0 Å². The van der Waals surface area contributed by atoms with E-state index in [0.29, 0.717) is 34.6 Å². The molecule has 0 saturated carbocycles. The van der Waals surface area contributed by atoms with E-state index in [1.165, 1.54) is 0 Å². The zero-order chi connectivity index (χ0) is 23.4. The number of nitrogens with zero attached hydrogens (tertiary/aromatic N) is 2. The summed E-state index contributed by atoms with van der Waals surface area (Å²) in [6.07, 6.45) is 0. The van der Waals surface area contributed by atoms with Gasteiger partial charge in [-0.25, -0.2) is 0 Å². The second-order valence-corrected chi connectivity index (χ2v) is 7.77. The molecule has 0 atom stereocenters. The van der Waals surface area contributed by atoms with Crippen LogP contribution in [0.25, 0.3) is 22.5 Å². The first-order valence-corrected chi connectivity index (χ1v) is 10.7. The molecular formula is C26H25ClN2O4. The summed E-state index contributed by atoms with van der Waals surface area (Å²) in [7, 11) is 6.49. The van der Waals surface area contributed by atoms with Gasteiger partial charge < -0.3 is 18.9 Å². The van der Waals surface area contributed by atoms with Crippen molar-refractivity contribution in [1.82, 2.24) is 9.78 Å². The highest BCUT2D eigenvalue weighted by Gasteiger charge is 2.16. The number of methoxy groups -OCH3 is 4. The Morgan fingerprint density at radius 3 is 1.79 bits per heavy atom. The molecule has 0 unspecified atom stereocenters. The fraction of sp³-hybridized carbons (Fsp3) is 0.192. The molecule has 0 radical (unpaired) electrons. The Morgan fingerprint density at radius 2 is 1.21 bits per heavy atom. The van der Waals surface area contributed by atoms with Crippen molar-refractivity contribution in [1.29, 1.82) is 0 Å². The smallest absolute Gasteiger partial charge is 0.161 e. The largest absolute Gasteiger partial charge is 0.493 e. The average molecular weight is 465 g/mol. The van der Waals surface area contributed by atoms with Gasteiger partial charge in [0.1, 0.15) is 0 Å². The minimum Gasteiger partial charge on any atom is -0.493 e. The summed E-state index contributed by atoms with van der Waals surface area (Å²) in [5, 5.41) is 5.62. The van der Waals surface area contributed by atoms with Crippen LogP contribution in [-0.4, -0.2) is 38.2 Å². The normalized spacial score (nSPS) is 10.7. The quantitative estimate of drug-likeness (QED) is 0.322. The van der Waals surface area contributed by atoms with Gasteiger partial charge in [-0.15, -0.1) is 0 Å². The molecule has 6 nitrogen and oxygen atoms in total. The molecule has 170 valence electrons. The topological polar surface area (TPSA) is 54.7 Å². The summed E-state index contributed by atoms with van der Waals surface area (Å²) in [6.45, 7) is 0.578. The number of benzene rings is 3. The van der Waals surface area contributed by atoms with Gasteiger partial charge in [0.05, 0.1) is 46.4 Å². The Morgan fingerprint density at radius 1 is 0.667 bits per heavy atom. The number of hydrogen-bond donors (Lipinski definition) is 0. The Hall–Kier alpha value is -3.64. The van der Waals surface area contributed by atoms with Crippen molar-refractivity contribution < 1.29 is 18.9 Å². The lowest BCUT2D eigenvalue weighted by atomic mass is 10.1. The molecule has 0 aliphatic heterocycles. The number of rotatable bonds is 8. The second kappa shape index (κ2) is 9.88. The van der Waals surface area contributed by atoms with Crippen molar-refractivity contribution in [2.24, 2.45) is 0 Å². The van der Waals surface area contributed by atoms with Crippen LogP contribution in [0.2, 0.25) is 5.02 Å². The molecule has 0 N–H and O–H groups in total. The van der Waals surface area contributed by atoms with Crippen LogP contribution in [0.5, 0.6) is 23.0 Å². The predicted octanol–water partition coefficient (Wildman–Crippen LogP) is 5.95. The molecule has 0 amide bonds. The number of aromatic nitrogens is 2. The van der Waals surface area contributed by atoms with Crippen molar-refractivity contribution in [2.45, 2.75) is 6.54 Å². The Balaban J connectivity index is 1.82. The van der Waals surface area contributed by atoms with E-state index in [1.54, 1.807) is 28.4 Å². The van der Waals surface area contributed by atoms with Gasteiger partial charge in [0, 0.05) is 16.1 Å². The molecule has 0 saturated heterocycles. The van der Waals surface area contributed by atoms with Crippen LogP contribution in [0.3, 0.4) is 0 Å². The fourth-order valence-electron chi connectivity index (χ4n) is 3.66. The lowest BCUT2D eigenvalue weighted by Crippen LogP contribution is -2.04. The van der Waals surface area contributed by atoms with Gasteiger partial charge in [0.15, 0.2) is 23.0 Å². The van der Waals surface area contributed by atoms with E-state index in [-0.39, 0.29) is 0 Å². The third-order valence-electron chi connectivity index (χ3n) is 5.38. The molecule has 0 fully saturated rings. The fourth-order valence-corrected chi connectivity index (χ4v) is 3.79. The van der Waals surface area contributed by atoms with E-state index in [1.807, 2.05) is 65.3 Å². The molecule has 3 aromatic carbocycles. The summed E-state index contributed by atoms with van der Waals surface area (Å²) in [5.74, 6) is 2.64. The van der Waals surface area contributed by atoms with Crippen LogP contribution in [0.15, 0.2) is 66.7 Å². The number of halogens is 1. The molecule has 0 aliphatic rings. The van der Waals surface area contributed by atoms with Gasteiger partial charge >= 0.3 is 0 Å². The standard InChI is InChI=1S/C26H25ClN2O4/c1-30-23-11-7-18(13-25(23)32-3)21-15-22(19-8-12-24(31-2)26(14-19)33-4)29(28-21)16-17-5-9-20(27)10-6-17/h5-15H,16H2,1-4H3. The first-order valence-electron chi connectivity index (χ1n) is 10.3. The van der Waals surface area contributed by atoms with Crippen molar-refractivity contribution in [3.05, 3.63) is 77.3 Å². The Labute approximate surface area is 198 Å².